The van der Waals surface area contributed by atoms with Gasteiger partial charge in [0.2, 0.25) is 0 Å². The lowest BCUT2D eigenvalue weighted by atomic mass is 10.2. The van der Waals surface area contributed by atoms with Crippen LogP contribution in [-0.4, -0.2) is 0 Å². The van der Waals surface area contributed by atoms with E-state index >= 15 is 0 Å². The minimum atomic E-state index is 1.06. The standard InChI is InChI=1S/C10H17/c1-3-5-7-9-10-8-6-4-2/h1,3,6,8H,4-5,7,9-10H2,2H3. The zero-order valence-electron chi connectivity index (χ0n) is 6.84. The Bertz CT molecular complexity index is 90.2. The van der Waals surface area contributed by atoms with Crippen LogP contribution in [-0.2, 0) is 0 Å². The summed E-state index contributed by atoms with van der Waals surface area (Å²) >= 11 is 0. The average molecular weight is 137 g/mol. The van der Waals surface area contributed by atoms with Crippen LogP contribution in [0.15, 0.2) is 18.2 Å². The summed E-state index contributed by atoms with van der Waals surface area (Å²) < 4.78 is 0. The second kappa shape index (κ2) is 8.48. The van der Waals surface area contributed by atoms with Crippen LogP contribution in [0, 0.1) is 6.58 Å². The van der Waals surface area contributed by atoms with Crippen molar-refractivity contribution in [1.82, 2.24) is 0 Å². The molecular formula is C10H17. The maximum Gasteiger partial charge on any atom is -0.0347 e. The first kappa shape index (κ1) is 9.48. The Hall–Kier alpha value is -0.520. The molecule has 0 unspecified atom stereocenters. The molecular weight excluding hydrogens is 120 g/mol. The zero-order chi connectivity index (χ0) is 7.66. The van der Waals surface area contributed by atoms with Crippen LogP contribution < -0.4 is 0 Å². The summed E-state index contributed by atoms with van der Waals surface area (Å²) in [4.78, 5) is 0. The number of hydrogen-bond acceptors (Lipinski definition) is 0. The molecule has 0 saturated carbocycles. The summed E-state index contributed by atoms with van der Waals surface area (Å²) in [6, 6.07) is 0. The summed E-state index contributed by atoms with van der Waals surface area (Å²) in [6.07, 6.45) is 12.1. The number of hydrogen-bond donors (Lipinski definition) is 0. The van der Waals surface area contributed by atoms with Gasteiger partial charge >= 0.3 is 0 Å². The van der Waals surface area contributed by atoms with Crippen LogP contribution in [0.3, 0.4) is 0 Å². The molecule has 0 rings (SSSR count). The van der Waals surface area contributed by atoms with Crippen LogP contribution in [0.5, 0.6) is 0 Å². The van der Waals surface area contributed by atoms with E-state index in [1.54, 1.807) is 6.08 Å². The topological polar surface area (TPSA) is 0 Å². The Morgan fingerprint density at radius 3 is 2.40 bits per heavy atom. The van der Waals surface area contributed by atoms with Gasteiger partial charge in [0.05, 0.1) is 0 Å². The number of unbranched alkanes of at least 4 members (excludes halogenated alkanes) is 3. The molecule has 0 atom stereocenters. The molecule has 0 aliphatic rings. The maximum atomic E-state index is 5.23. The molecule has 57 valence electrons. The Labute approximate surface area is 64.6 Å². The third-order valence-corrected chi connectivity index (χ3v) is 1.39. The smallest absolute Gasteiger partial charge is 0.0347 e. The van der Waals surface area contributed by atoms with E-state index in [1.165, 1.54) is 19.3 Å². The summed E-state index contributed by atoms with van der Waals surface area (Å²) in [5, 5.41) is 0. The van der Waals surface area contributed by atoms with Crippen LogP contribution in [0.1, 0.15) is 39.0 Å². The molecule has 10 heavy (non-hydrogen) atoms. The van der Waals surface area contributed by atoms with Crippen molar-refractivity contribution >= 4 is 0 Å². The molecule has 0 saturated heterocycles. The second-order valence-electron chi connectivity index (χ2n) is 2.40. The minimum absolute atomic E-state index is 1.06. The molecule has 0 aliphatic heterocycles. The zero-order valence-corrected chi connectivity index (χ0v) is 6.84. The van der Waals surface area contributed by atoms with Gasteiger partial charge in [0, 0.05) is 0 Å². The van der Waals surface area contributed by atoms with Gasteiger partial charge in [-0.05, 0) is 32.1 Å². The fourth-order valence-corrected chi connectivity index (χ4v) is 0.809. The molecule has 0 aliphatic carbocycles. The van der Waals surface area contributed by atoms with Crippen molar-refractivity contribution in [2.24, 2.45) is 0 Å². The fraction of sp³-hybridized carbons (Fsp3) is 0.600. The molecule has 0 amide bonds. The van der Waals surface area contributed by atoms with E-state index in [1.807, 2.05) is 0 Å². The van der Waals surface area contributed by atoms with Gasteiger partial charge in [-0.3, -0.25) is 0 Å². The highest BCUT2D eigenvalue weighted by atomic mass is 13.9. The van der Waals surface area contributed by atoms with Crippen molar-refractivity contribution in [3.63, 3.8) is 0 Å². The van der Waals surface area contributed by atoms with Gasteiger partial charge in [-0.15, -0.1) is 0 Å². The first-order valence-electron chi connectivity index (χ1n) is 4.10. The SMILES string of the molecule is [CH]=CCCCCC=CCC. The van der Waals surface area contributed by atoms with Crippen LogP contribution >= 0.6 is 0 Å². The summed E-state index contributed by atoms with van der Waals surface area (Å²) in [7, 11) is 0. The van der Waals surface area contributed by atoms with Crippen molar-refractivity contribution in [2.45, 2.75) is 39.0 Å². The number of rotatable bonds is 6. The van der Waals surface area contributed by atoms with Gasteiger partial charge in [0.15, 0.2) is 0 Å². The average Bonchev–Trinajstić information content (AvgIpc) is 1.97. The summed E-state index contributed by atoms with van der Waals surface area (Å²) in [6.45, 7) is 7.38. The molecule has 0 N–H and O–H groups in total. The maximum absolute atomic E-state index is 5.23. The summed E-state index contributed by atoms with van der Waals surface area (Å²) in [5.41, 5.74) is 0. The molecule has 0 heteroatoms. The van der Waals surface area contributed by atoms with Crippen molar-refractivity contribution < 1.29 is 0 Å². The first-order valence-corrected chi connectivity index (χ1v) is 4.10. The first-order chi connectivity index (χ1) is 4.91. The molecule has 0 heterocycles. The Morgan fingerprint density at radius 2 is 1.80 bits per heavy atom. The summed E-state index contributed by atoms with van der Waals surface area (Å²) in [5.74, 6) is 0. The third-order valence-electron chi connectivity index (χ3n) is 1.39. The lowest BCUT2D eigenvalue weighted by molar-refractivity contribution is 0.761. The van der Waals surface area contributed by atoms with E-state index in [9.17, 15) is 0 Å². The van der Waals surface area contributed by atoms with E-state index in [2.05, 4.69) is 19.1 Å². The van der Waals surface area contributed by atoms with Crippen LogP contribution in [0.25, 0.3) is 0 Å². The van der Waals surface area contributed by atoms with Crippen molar-refractivity contribution in [3.05, 3.63) is 24.8 Å². The minimum Gasteiger partial charge on any atom is -0.0888 e. The van der Waals surface area contributed by atoms with Gasteiger partial charge < -0.3 is 0 Å². The van der Waals surface area contributed by atoms with Gasteiger partial charge in [-0.1, -0.05) is 31.7 Å². The molecule has 0 fully saturated rings. The third kappa shape index (κ3) is 7.48. The van der Waals surface area contributed by atoms with Gasteiger partial charge in [0.25, 0.3) is 0 Å². The normalized spacial score (nSPS) is 10.5. The van der Waals surface area contributed by atoms with Crippen molar-refractivity contribution in [2.75, 3.05) is 0 Å². The van der Waals surface area contributed by atoms with Crippen LogP contribution in [0.4, 0.5) is 0 Å². The van der Waals surface area contributed by atoms with Crippen molar-refractivity contribution in [1.29, 1.82) is 0 Å². The van der Waals surface area contributed by atoms with E-state index in [0.717, 1.165) is 12.8 Å². The highest BCUT2D eigenvalue weighted by Gasteiger charge is 1.80. The molecule has 0 bridgehead atoms. The lowest BCUT2D eigenvalue weighted by Gasteiger charge is -1.90. The Morgan fingerprint density at radius 1 is 1.10 bits per heavy atom. The molecule has 0 aromatic rings. The van der Waals surface area contributed by atoms with E-state index in [4.69, 9.17) is 6.58 Å². The fourth-order valence-electron chi connectivity index (χ4n) is 0.809. The van der Waals surface area contributed by atoms with Gasteiger partial charge in [-0.25, -0.2) is 0 Å². The van der Waals surface area contributed by atoms with Crippen molar-refractivity contribution in [3.8, 4) is 0 Å². The van der Waals surface area contributed by atoms with E-state index in [-0.39, 0.29) is 0 Å². The molecule has 0 spiro atoms. The predicted octanol–water partition coefficient (Wildman–Crippen LogP) is 3.50. The Kier molecular flexibility index (Phi) is 8.04. The highest BCUT2D eigenvalue weighted by molar-refractivity contribution is 4.79. The lowest BCUT2D eigenvalue weighted by Crippen LogP contribution is -1.71. The predicted molar refractivity (Wildman–Crippen MR) is 46.8 cm³/mol. The molecule has 1 radical (unpaired) electrons. The number of allylic oxidation sites excluding steroid dienone is 3. The highest BCUT2D eigenvalue weighted by Crippen LogP contribution is 2.00. The Balaban J connectivity index is 2.89. The monoisotopic (exact) mass is 137 g/mol. The molecule has 0 nitrogen and oxygen atoms in total. The van der Waals surface area contributed by atoms with Gasteiger partial charge in [0.1, 0.15) is 0 Å². The quantitative estimate of drug-likeness (QED) is 0.388. The van der Waals surface area contributed by atoms with E-state index < -0.39 is 0 Å². The van der Waals surface area contributed by atoms with E-state index in [0.29, 0.717) is 0 Å². The molecule has 0 aromatic carbocycles. The van der Waals surface area contributed by atoms with Gasteiger partial charge in [-0.2, -0.15) is 0 Å². The second-order valence-corrected chi connectivity index (χ2v) is 2.40. The largest absolute Gasteiger partial charge is 0.0888 e. The molecule has 0 aromatic heterocycles. The van der Waals surface area contributed by atoms with Crippen LogP contribution in [0.2, 0.25) is 0 Å².